The molecule has 0 amide bonds. The van der Waals surface area contributed by atoms with Gasteiger partial charge in [0.05, 0.1) is 11.5 Å². The van der Waals surface area contributed by atoms with E-state index in [2.05, 4.69) is 20.7 Å². The Morgan fingerprint density at radius 3 is 2.79 bits per heavy atom. The Balaban J connectivity index is 2.17. The molecule has 1 fully saturated rings. The van der Waals surface area contributed by atoms with Gasteiger partial charge in [0.2, 0.25) is 10.0 Å². The fourth-order valence-electron chi connectivity index (χ4n) is 2.27. The minimum atomic E-state index is -3.47. The molecular weight excluding hydrogens is 330 g/mol. The molecule has 2 rings (SSSR count). The molecule has 1 aliphatic rings. The first-order valence-electron chi connectivity index (χ1n) is 6.26. The summed E-state index contributed by atoms with van der Waals surface area (Å²) >= 11 is 3.34. The standard InChI is InChI=1S/C13H18BrNO3S/c1-9-7-12(14)3-4-13(9)19(16,17)15-10(2)11-5-6-18-8-11/h3-4,7,10-11,15H,5-6,8H2,1-2H3/t10-,11-/m1/s1. The van der Waals surface area contributed by atoms with E-state index < -0.39 is 10.0 Å². The van der Waals surface area contributed by atoms with E-state index in [1.165, 1.54) is 0 Å². The summed E-state index contributed by atoms with van der Waals surface area (Å²) in [7, 11) is -3.47. The normalized spacial score (nSPS) is 21.5. The quantitative estimate of drug-likeness (QED) is 0.910. The summed E-state index contributed by atoms with van der Waals surface area (Å²) < 4.78 is 33.7. The molecule has 0 aromatic heterocycles. The highest BCUT2D eigenvalue weighted by Gasteiger charge is 2.27. The van der Waals surface area contributed by atoms with Crippen molar-refractivity contribution in [2.24, 2.45) is 5.92 Å². The van der Waals surface area contributed by atoms with E-state index >= 15 is 0 Å². The molecule has 4 nitrogen and oxygen atoms in total. The number of halogens is 1. The Morgan fingerprint density at radius 2 is 2.21 bits per heavy atom. The zero-order valence-corrected chi connectivity index (χ0v) is 13.4. The summed E-state index contributed by atoms with van der Waals surface area (Å²) in [6.45, 7) is 5.03. The van der Waals surface area contributed by atoms with Crippen LogP contribution in [0.4, 0.5) is 0 Å². The van der Waals surface area contributed by atoms with Crippen molar-refractivity contribution in [2.45, 2.75) is 31.2 Å². The highest BCUT2D eigenvalue weighted by atomic mass is 79.9. The molecule has 1 N–H and O–H groups in total. The fraction of sp³-hybridized carbons (Fsp3) is 0.538. The molecule has 0 spiro atoms. The SMILES string of the molecule is Cc1cc(Br)ccc1S(=O)(=O)N[C@H](C)[C@@H]1CCOC1. The number of sulfonamides is 1. The minimum absolute atomic E-state index is 0.115. The zero-order valence-electron chi connectivity index (χ0n) is 11.0. The average molecular weight is 348 g/mol. The maximum Gasteiger partial charge on any atom is 0.241 e. The predicted octanol–water partition coefficient (Wildman–Crippen LogP) is 2.46. The van der Waals surface area contributed by atoms with E-state index in [1.807, 2.05) is 6.92 Å². The molecule has 1 aliphatic heterocycles. The van der Waals surface area contributed by atoms with Gasteiger partial charge in [0.1, 0.15) is 0 Å². The molecule has 0 saturated carbocycles. The Labute approximate surface area is 122 Å². The number of benzene rings is 1. The lowest BCUT2D eigenvalue weighted by Gasteiger charge is -2.20. The number of nitrogens with one attached hydrogen (secondary N) is 1. The number of hydrogen-bond acceptors (Lipinski definition) is 3. The second kappa shape index (κ2) is 5.91. The molecule has 1 aromatic carbocycles. The van der Waals surface area contributed by atoms with Crippen molar-refractivity contribution in [3.63, 3.8) is 0 Å². The molecule has 1 saturated heterocycles. The molecule has 0 aliphatic carbocycles. The molecule has 106 valence electrons. The maximum absolute atomic E-state index is 12.4. The zero-order chi connectivity index (χ0) is 14.0. The topological polar surface area (TPSA) is 55.4 Å². The van der Waals surface area contributed by atoms with Crippen molar-refractivity contribution in [2.75, 3.05) is 13.2 Å². The number of hydrogen-bond donors (Lipinski definition) is 1. The van der Waals surface area contributed by atoms with Gasteiger partial charge in [0.15, 0.2) is 0 Å². The van der Waals surface area contributed by atoms with Crippen molar-refractivity contribution >= 4 is 26.0 Å². The van der Waals surface area contributed by atoms with E-state index in [1.54, 1.807) is 25.1 Å². The molecule has 19 heavy (non-hydrogen) atoms. The van der Waals surface area contributed by atoms with Crippen molar-refractivity contribution in [1.29, 1.82) is 0 Å². The lowest BCUT2D eigenvalue weighted by molar-refractivity contribution is 0.180. The molecule has 0 bridgehead atoms. The van der Waals surface area contributed by atoms with Gasteiger partial charge in [-0.05, 0) is 44.0 Å². The molecule has 6 heteroatoms. The van der Waals surface area contributed by atoms with Gasteiger partial charge in [-0.1, -0.05) is 15.9 Å². The van der Waals surface area contributed by atoms with Gasteiger partial charge < -0.3 is 4.74 Å². The third-order valence-corrected chi connectivity index (χ3v) is 5.65. The maximum atomic E-state index is 12.4. The van der Waals surface area contributed by atoms with Crippen LogP contribution in [0.15, 0.2) is 27.6 Å². The van der Waals surface area contributed by atoms with Crippen LogP contribution < -0.4 is 4.72 Å². The van der Waals surface area contributed by atoms with Gasteiger partial charge in [0.25, 0.3) is 0 Å². The van der Waals surface area contributed by atoms with Crippen molar-refractivity contribution in [3.8, 4) is 0 Å². The molecule has 2 atom stereocenters. The highest BCUT2D eigenvalue weighted by Crippen LogP contribution is 2.22. The number of aryl methyl sites for hydroxylation is 1. The van der Waals surface area contributed by atoms with Crippen LogP contribution >= 0.6 is 15.9 Å². The predicted molar refractivity (Wildman–Crippen MR) is 77.6 cm³/mol. The summed E-state index contributed by atoms with van der Waals surface area (Å²) in [6.07, 6.45) is 0.906. The third-order valence-electron chi connectivity index (χ3n) is 3.44. The van der Waals surface area contributed by atoms with E-state index in [-0.39, 0.29) is 12.0 Å². The minimum Gasteiger partial charge on any atom is -0.381 e. The van der Waals surface area contributed by atoms with Gasteiger partial charge in [0, 0.05) is 23.0 Å². The van der Waals surface area contributed by atoms with E-state index in [0.29, 0.717) is 18.1 Å². The van der Waals surface area contributed by atoms with Gasteiger partial charge in [-0.3, -0.25) is 0 Å². The van der Waals surface area contributed by atoms with Gasteiger partial charge >= 0.3 is 0 Å². The van der Waals surface area contributed by atoms with Crippen LogP contribution in [-0.2, 0) is 14.8 Å². The lowest BCUT2D eigenvalue weighted by Crippen LogP contribution is -2.38. The van der Waals surface area contributed by atoms with Crippen LogP contribution in [0.1, 0.15) is 18.9 Å². The number of ether oxygens (including phenoxy) is 1. The highest BCUT2D eigenvalue weighted by molar-refractivity contribution is 9.10. The van der Waals surface area contributed by atoms with Crippen LogP contribution in [0.25, 0.3) is 0 Å². The van der Waals surface area contributed by atoms with Crippen molar-refractivity contribution < 1.29 is 13.2 Å². The summed E-state index contributed by atoms with van der Waals surface area (Å²) in [4.78, 5) is 0.335. The molecule has 0 unspecified atom stereocenters. The lowest BCUT2D eigenvalue weighted by atomic mass is 10.0. The summed E-state index contributed by atoms with van der Waals surface area (Å²) in [5.74, 6) is 0.255. The second-order valence-electron chi connectivity index (χ2n) is 4.94. The summed E-state index contributed by atoms with van der Waals surface area (Å²) in [5.41, 5.74) is 0.733. The summed E-state index contributed by atoms with van der Waals surface area (Å²) in [6, 6.07) is 5.05. The Hall–Kier alpha value is -0.430. The summed E-state index contributed by atoms with van der Waals surface area (Å²) in [5, 5.41) is 0. The smallest absolute Gasteiger partial charge is 0.241 e. The van der Waals surface area contributed by atoms with Crippen LogP contribution in [-0.4, -0.2) is 27.7 Å². The van der Waals surface area contributed by atoms with Crippen LogP contribution in [0.5, 0.6) is 0 Å². The van der Waals surface area contributed by atoms with Crippen LogP contribution in [0.2, 0.25) is 0 Å². The van der Waals surface area contributed by atoms with Gasteiger partial charge in [-0.15, -0.1) is 0 Å². The first kappa shape index (κ1) is 15.0. The van der Waals surface area contributed by atoms with Crippen LogP contribution in [0.3, 0.4) is 0 Å². The van der Waals surface area contributed by atoms with Gasteiger partial charge in [-0.2, -0.15) is 0 Å². The van der Waals surface area contributed by atoms with Crippen LogP contribution in [0, 0.1) is 12.8 Å². The third kappa shape index (κ3) is 3.56. The van der Waals surface area contributed by atoms with E-state index in [9.17, 15) is 8.42 Å². The Bertz CT molecular complexity index is 553. The Morgan fingerprint density at radius 1 is 1.47 bits per heavy atom. The Kier molecular flexibility index (Phi) is 4.66. The van der Waals surface area contributed by atoms with Crippen molar-refractivity contribution in [3.05, 3.63) is 28.2 Å². The van der Waals surface area contributed by atoms with Gasteiger partial charge in [-0.25, -0.2) is 13.1 Å². The first-order valence-corrected chi connectivity index (χ1v) is 8.54. The van der Waals surface area contributed by atoms with E-state index in [0.717, 1.165) is 16.5 Å². The first-order chi connectivity index (χ1) is 8.90. The largest absolute Gasteiger partial charge is 0.381 e. The van der Waals surface area contributed by atoms with E-state index in [4.69, 9.17) is 4.74 Å². The molecule has 1 aromatic rings. The molecular formula is C13H18BrNO3S. The molecule has 1 heterocycles. The number of rotatable bonds is 4. The van der Waals surface area contributed by atoms with Crippen molar-refractivity contribution in [1.82, 2.24) is 4.72 Å². The second-order valence-corrected chi connectivity index (χ2v) is 7.54. The average Bonchev–Trinajstić information content (AvgIpc) is 2.80. The molecule has 0 radical (unpaired) electrons. The monoisotopic (exact) mass is 347 g/mol. The fourth-order valence-corrected chi connectivity index (χ4v) is 4.28.